The quantitative estimate of drug-likeness (QED) is 0.662. The Morgan fingerprint density at radius 3 is 2.82 bits per heavy atom. The highest BCUT2D eigenvalue weighted by Crippen LogP contribution is 2.23. The minimum atomic E-state index is -0.417. The standard InChI is InChI=1S/C15H21N3O3.ClH/c1-11-7-13(9-16)10-17(11)15(19)6-5-12-3-2-4-14(8-12)18(20)21;/h2-4,8,11,13H,5-7,9-10,16H2,1H3;1H. The van der Waals surface area contributed by atoms with E-state index in [1.54, 1.807) is 6.07 Å². The van der Waals surface area contributed by atoms with Crippen LogP contribution in [0.2, 0.25) is 0 Å². The first kappa shape index (κ1) is 18.4. The topological polar surface area (TPSA) is 89.5 Å². The number of nitrogens with two attached hydrogens (primary N) is 1. The first-order valence-corrected chi connectivity index (χ1v) is 7.24. The second-order valence-corrected chi connectivity index (χ2v) is 5.66. The Hall–Kier alpha value is -1.66. The molecule has 0 aliphatic carbocycles. The molecule has 1 fully saturated rings. The number of amides is 1. The molecule has 0 saturated carbocycles. The van der Waals surface area contributed by atoms with Crippen LogP contribution in [-0.2, 0) is 11.2 Å². The molecule has 1 heterocycles. The Morgan fingerprint density at radius 1 is 1.50 bits per heavy atom. The number of non-ortho nitro benzene ring substituents is 1. The average molecular weight is 328 g/mol. The van der Waals surface area contributed by atoms with Crippen molar-refractivity contribution in [2.24, 2.45) is 11.7 Å². The van der Waals surface area contributed by atoms with Gasteiger partial charge >= 0.3 is 0 Å². The molecule has 1 aromatic rings. The summed E-state index contributed by atoms with van der Waals surface area (Å²) in [5.74, 6) is 0.492. The third kappa shape index (κ3) is 4.42. The van der Waals surface area contributed by atoms with Gasteiger partial charge in [0.1, 0.15) is 0 Å². The van der Waals surface area contributed by atoms with Crippen LogP contribution in [-0.4, -0.2) is 34.9 Å². The van der Waals surface area contributed by atoms with Gasteiger partial charge in [0.25, 0.3) is 5.69 Å². The summed E-state index contributed by atoms with van der Waals surface area (Å²) >= 11 is 0. The van der Waals surface area contributed by atoms with Gasteiger partial charge in [0, 0.05) is 31.1 Å². The molecule has 0 spiro atoms. The van der Waals surface area contributed by atoms with Gasteiger partial charge in [0.2, 0.25) is 5.91 Å². The van der Waals surface area contributed by atoms with E-state index >= 15 is 0 Å². The van der Waals surface area contributed by atoms with Crippen molar-refractivity contribution in [3.05, 3.63) is 39.9 Å². The number of rotatable bonds is 5. The predicted molar refractivity (Wildman–Crippen MR) is 87.0 cm³/mol. The van der Waals surface area contributed by atoms with Gasteiger partial charge in [-0.1, -0.05) is 12.1 Å². The largest absolute Gasteiger partial charge is 0.340 e. The van der Waals surface area contributed by atoms with E-state index in [0.717, 1.165) is 18.5 Å². The monoisotopic (exact) mass is 327 g/mol. The third-order valence-electron chi connectivity index (χ3n) is 4.06. The van der Waals surface area contributed by atoms with Crippen LogP contribution < -0.4 is 5.73 Å². The van der Waals surface area contributed by atoms with E-state index in [0.29, 0.717) is 25.3 Å². The van der Waals surface area contributed by atoms with E-state index < -0.39 is 4.92 Å². The van der Waals surface area contributed by atoms with Crippen LogP contribution in [0.1, 0.15) is 25.3 Å². The number of aryl methyl sites for hydroxylation is 1. The summed E-state index contributed by atoms with van der Waals surface area (Å²) in [5.41, 5.74) is 6.55. The highest BCUT2D eigenvalue weighted by molar-refractivity contribution is 5.85. The SMILES string of the molecule is CC1CC(CN)CN1C(=O)CCc1cccc([N+](=O)[O-])c1.Cl. The molecule has 1 aliphatic heterocycles. The lowest BCUT2D eigenvalue weighted by atomic mass is 10.1. The van der Waals surface area contributed by atoms with Crippen molar-refractivity contribution in [1.29, 1.82) is 0 Å². The zero-order chi connectivity index (χ0) is 15.4. The van der Waals surface area contributed by atoms with Crippen LogP contribution in [0.25, 0.3) is 0 Å². The van der Waals surface area contributed by atoms with Crippen LogP contribution in [0, 0.1) is 16.0 Å². The molecule has 2 rings (SSSR count). The van der Waals surface area contributed by atoms with Crippen molar-refractivity contribution in [1.82, 2.24) is 4.90 Å². The number of nitro groups is 1. The fourth-order valence-electron chi connectivity index (χ4n) is 2.88. The number of halogens is 1. The maximum Gasteiger partial charge on any atom is 0.269 e. The summed E-state index contributed by atoms with van der Waals surface area (Å²) < 4.78 is 0. The molecule has 22 heavy (non-hydrogen) atoms. The third-order valence-corrected chi connectivity index (χ3v) is 4.06. The Morgan fingerprint density at radius 2 is 2.23 bits per heavy atom. The van der Waals surface area contributed by atoms with Gasteiger partial charge < -0.3 is 10.6 Å². The molecule has 1 aliphatic rings. The molecule has 2 atom stereocenters. The number of carbonyl (C=O) groups excluding carboxylic acids is 1. The van der Waals surface area contributed by atoms with Crippen molar-refractivity contribution in [2.75, 3.05) is 13.1 Å². The summed E-state index contributed by atoms with van der Waals surface area (Å²) in [4.78, 5) is 24.5. The van der Waals surface area contributed by atoms with E-state index in [1.807, 2.05) is 17.9 Å². The van der Waals surface area contributed by atoms with Gasteiger partial charge in [-0.25, -0.2) is 0 Å². The number of hydrogen-bond acceptors (Lipinski definition) is 4. The van der Waals surface area contributed by atoms with E-state index in [2.05, 4.69) is 0 Å². The fraction of sp³-hybridized carbons (Fsp3) is 0.533. The molecule has 1 aromatic carbocycles. The molecule has 0 bridgehead atoms. The molecular formula is C15H22ClN3O3. The Kier molecular flexibility index (Phi) is 6.77. The van der Waals surface area contributed by atoms with Gasteiger partial charge in [-0.05, 0) is 37.8 Å². The van der Waals surface area contributed by atoms with E-state index in [1.165, 1.54) is 12.1 Å². The van der Waals surface area contributed by atoms with Crippen LogP contribution in [0.15, 0.2) is 24.3 Å². The zero-order valence-corrected chi connectivity index (χ0v) is 13.4. The van der Waals surface area contributed by atoms with Crippen LogP contribution in [0.5, 0.6) is 0 Å². The molecule has 2 N–H and O–H groups in total. The molecule has 7 heteroatoms. The molecule has 0 aromatic heterocycles. The first-order chi connectivity index (χ1) is 10.0. The fourth-order valence-corrected chi connectivity index (χ4v) is 2.88. The Balaban J connectivity index is 0.00000242. The van der Waals surface area contributed by atoms with Crippen molar-refractivity contribution in [3.63, 3.8) is 0 Å². The zero-order valence-electron chi connectivity index (χ0n) is 12.6. The lowest BCUT2D eigenvalue weighted by molar-refractivity contribution is -0.384. The lowest BCUT2D eigenvalue weighted by Gasteiger charge is -2.21. The Labute approximate surface area is 136 Å². The maximum atomic E-state index is 12.3. The summed E-state index contributed by atoms with van der Waals surface area (Å²) in [5, 5.41) is 10.7. The van der Waals surface area contributed by atoms with E-state index in [4.69, 9.17) is 5.73 Å². The lowest BCUT2D eigenvalue weighted by Crippen LogP contribution is -2.34. The molecule has 122 valence electrons. The second-order valence-electron chi connectivity index (χ2n) is 5.66. The molecule has 1 amide bonds. The van der Waals surface area contributed by atoms with Crippen molar-refractivity contribution < 1.29 is 9.72 Å². The minimum Gasteiger partial charge on any atom is -0.340 e. The number of nitro benzene ring substituents is 1. The van der Waals surface area contributed by atoms with Gasteiger partial charge in [-0.2, -0.15) is 0 Å². The van der Waals surface area contributed by atoms with Gasteiger partial charge in [-0.15, -0.1) is 12.4 Å². The normalized spacial score (nSPS) is 20.5. The maximum absolute atomic E-state index is 12.3. The number of benzene rings is 1. The predicted octanol–water partition coefficient (Wildman–Crippen LogP) is 2.14. The van der Waals surface area contributed by atoms with Gasteiger partial charge in [0.05, 0.1) is 4.92 Å². The summed E-state index contributed by atoms with van der Waals surface area (Å²) in [6.45, 7) is 3.38. The van der Waals surface area contributed by atoms with E-state index in [9.17, 15) is 14.9 Å². The smallest absolute Gasteiger partial charge is 0.269 e. The summed E-state index contributed by atoms with van der Waals surface area (Å²) in [7, 11) is 0. The number of carbonyl (C=O) groups is 1. The van der Waals surface area contributed by atoms with E-state index in [-0.39, 0.29) is 30.0 Å². The summed E-state index contributed by atoms with van der Waals surface area (Å²) in [6, 6.07) is 6.69. The number of likely N-dealkylation sites (tertiary alicyclic amines) is 1. The number of hydrogen-bond donors (Lipinski definition) is 1. The average Bonchev–Trinajstić information content (AvgIpc) is 2.86. The van der Waals surface area contributed by atoms with Crippen LogP contribution in [0.4, 0.5) is 5.69 Å². The molecule has 6 nitrogen and oxygen atoms in total. The van der Waals surface area contributed by atoms with Crippen molar-refractivity contribution in [2.45, 2.75) is 32.2 Å². The Bertz CT molecular complexity index is 539. The van der Waals surface area contributed by atoms with Gasteiger partial charge in [-0.3, -0.25) is 14.9 Å². The molecule has 1 saturated heterocycles. The minimum absolute atomic E-state index is 0. The van der Waals surface area contributed by atoms with Crippen molar-refractivity contribution >= 4 is 24.0 Å². The van der Waals surface area contributed by atoms with Gasteiger partial charge in [0.15, 0.2) is 0 Å². The summed E-state index contributed by atoms with van der Waals surface area (Å²) in [6.07, 6.45) is 1.86. The second kappa shape index (κ2) is 8.10. The van der Waals surface area contributed by atoms with Crippen LogP contribution in [0.3, 0.4) is 0 Å². The molecular weight excluding hydrogens is 306 g/mol. The van der Waals surface area contributed by atoms with Crippen LogP contribution >= 0.6 is 12.4 Å². The highest BCUT2D eigenvalue weighted by atomic mass is 35.5. The van der Waals surface area contributed by atoms with Crippen molar-refractivity contribution in [3.8, 4) is 0 Å². The molecule has 2 unspecified atom stereocenters. The number of nitrogens with zero attached hydrogens (tertiary/aromatic N) is 2. The molecule has 0 radical (unpaired) electrons. The first-order valence-electron chi connectivity index (χ1n) is 7.24. The highest BCUT2D eigenvalue weighted by Gasteiger charge is 2.31.